The number of ether oxygens (including phenoxy) is 3. The maximum atomic E-state index is 12.7. The minimum Gasteiger partial charge on any atom is -0.495 e. The molecule has 0 aliphatic carbocycles. The van der Waals surface area contributed by atoms with Gasteiger partial charge in [-0.3, -0.25) is 0 Å². The molecule has 0 unspecified atom stereocenters. The van der Waals surface area contributed by atoms with Gasteiger partial charge < -0.3 is 14.2 Å². The van der Waals surface area contributed by atoms with Crippen molar-refractivity contribution in [3.05, 3.63) is 53.6 Å². The molecule has 1 N–H and O–H groups in total. The SMILES string of the molecule is COc1ccc(C(=O)OCCOc2ccccc2C)cc1S(=O)(=O)NC(C)(C)C. The summed E-state index contributed by atoms with van der Waals surface area (Å²) in [4.78, 5) is 12.2. The van der Waals surface area contributed by atoms with Crippen LogP contribution in [0.3, 0.4) is 0 Å². The molecule has 8 heteroatoms. The molecule has 7 nitrogen and oxygen atoms in total. The van der Waals surface area contributed by atoms with Gasteiger partial charge in [0.1, 0.15) is 29.6 Å². The summed E-state index contributed by atoms with van der Waals surface area (Å²) < 4.78 is 43.9. The largest absolute Gasteiger partial charge is 0.495 e. The molecule has 0 saturated carbocycles. The highest BCUT2D eigenvalue weighted by molar-refractivity contribution is 7.89. The summed E-state index contributed by atoms with van der Waals surface area (Å²) in [6.07, 6.45) is 0. The van der Waals surface area contributed by atoms with Crippen LogP contribution in [0.25, 0.3) is 0 Å². The van der Waals surface area contributed by atoms with Crippen LogP contribution in [0.5, 0.6) is 11.5 Å². The van der Waals surface area contributed by atoms with E-state index in [2.05, 4.69) is 4.72 Å². The van der Waals surface area contributed by atoms with Crippen LogP contribution in [0.2, 0.25) is 0 Å². The second-order valence-electron chi connectivity index (χ2n) is 7.47. The van der Waals surface area contributed by atoms with E-state index in [1.807, 2.05) is 31.2 Å². The quantitative estimate of drug-likeness (QED) is 0.519. The van der Waals surface area contributed by atoms with Crippen LogP contribution in [0.4, 0.5) is 0 Å². The maximum Gasteiger partial charge on any atom is 0.338 e. The van der Waals surface area contributed by atoms with Gasteiger partial charge in [0, 0.05) is 5.54 Å². The van der Waals surface area contributed by atoms with Crippen molar-refractivity contribution in [3.8, 4) is 11.5 Å². The fraction of sp³-hybridized carbons (Fsp3) is 0.381. The highest BCUT2D eigenvalue weighted by atomic mass is 32.2. The Balaban J connectivity index is 2.08. The van der Waals surface area contributed by atoms with Crippen LogP contribution >= 0.6 is 0 Å². The summed E-state index contributed by atoms with van der Waals surface area (Å²) in [7, 11) is -2.52. The number of carbonyl (C=O) groups is 1. The molecule has 0 aliphatic heterocycles. The van der Waals surface area contributed by atoms with E-state index >= 15 is 0 Å². The molecule has 2 rings (SSSR count). The van der Waals surface area contributed by atoms with E-state index in [0.717, 1.165) is 11.3 Å². The van der Waals surface area contributed by atoms with Gasteiger partial charge in [-0.25, -0.2) is 17.9 Å². The third-order valence-electron chi connectivity index (χ3n) is 3.80. The highest BCUT2D eigenvalue weighted by Gasteiger charge is 2.26. The number of carbonyl (C=O) groups excluding carboxylic acids is 1. The summed E-state index contributed by atoms with van der Waals surface area (Å²) in [5.74, 6) is 0.212. The van der Waals surface area contributed by atoms with Crippen LogP contribution in [0, 0.1) is 6.92 Å². The van der Waals surface area contributed by atoms with E-state index in [1.165, 1.54) is 25.3 Å². The monoisotopic (exact) mass is 421 g/mol. The fourth-order valence-electron chi connectivity index (χ4n) is 2.56. The lowest BCUT2D eigenvalue weighted by Gasteiger charge is -2.21. The standard InChI is InChI=1S/C21H27NO6S/c1-15-8-6-7-9-17(15)27-12-13-28-20(23)16-10-11-18(26-5)19(14-16)29(24,25)22-21(2,3)4/h6-11,14,22H,12-13H2,1-5H3. The van der Waals surface area contributed by atoms with Crippen molar-refractivity contribution in [3.63, 3.8) is 0 Å². The summed E-state index contributed by atoms with van der Waals surface area (Å²) >= 11 is 0. The van der Waals surface area contributed by atoms with Crippen molar-refractivity contribution in [2.75, 3.05) is 20.3 Å². The number of nitrogens with one attached hydrogen (secondary N) is 1. The zero-order valence-corrected chi connectivity index (χ0v) is 18.1. The Hall–Kier alpha value is -2.58. The van der Waals surface area contributed by atoms with Crippen molar-refractivity contribution in [2.45, 2.75) is 38.1 Å². The first-order valence-electron chi connectivity index (χ1n) is 9.11. The molecule has 2 aromatic carbocycles. The number of benzene rings is 2. The first-order chi connectivity index (χ1) is 13.5. The lowest BCUT2D eigenvalue weighted by molar-refractivity contribution is 0.0450. The Bertz CT molecular complexity index is 963. The fourth-order valence-corrected chi connectivity index (χ4v) is 4.17. The van der Waals surface area contributed by atoms with Gasteiger partial charge in [0.2, 0.25) is 10.0 Å². The van der Waals surface area contributed by atoms with Gasteiger partial charge >= 0.3 is 5.97 Å². The second kappa shape index (κ2) is 9.28. The highest BCUT2D eigenvalue weighted by Crippen LogP contribution is 2.26. The predicted molar refractivity (Wildman–Crippen MR) is 110 cm³/mol. The molecule has 0 radical (unpaired) electrons. The molecule has 0 spiro atoms. The molecular weight excluding hydrogens is 394 g/mol. The number of hydrogen-bond acceptors (Lipinski definition) is 6. The van der Waals surface area contributed by atoms with E-state index in [4.69, 9.17) is 14.2 Å². The second-order valence-corrected chi connectivity index (χ2v) is 9.12. The van der Waals surface area contributed by atoms with E-state index < -0.39 is 21.5 Å². The molecule has 0 atom stereocenters. The third-order valence-corrected chi connectivity index (χ3v) is 5.58. The number of rotatable bonds is 8. The smallest absolute Gasteiger partial charge is 0.338 e. The molecule has 0 heterocycles. The Labute approximate surface area is 172 Å². The average Bonchev–Trinajstić information content (AvgIpc) is 2.64. The van der Waals surface area contributed by atoms with Crippen LogP contribution in [0.15, 0.2) is 47.4 Å². The van der Waals surface area contributed by atoms with E-state index in [0.29, 0.717) is 0 Å². The zero-order valence-electron chi connectivity index (χ0n) is 17.3. The number of methoxy groups -OCH3 is 1. The molecule has 0 aliphatic rings. The Morgan fingerprint density at radius 2 is 1.72 bits per heavy atom. The van der Waals surface area contributed by atoms with E-state index in [9.17, 15) is 13.2 Å². The predicted octanol–water partition coefficient (Wildman–Crippen LogP) is 3.32. The first-order valence-corrected chi connectivity index (χ1v) is 10.6. The maximum absolute atomic E-state index is 12.7. The summed E-state index contributed by atoms with van der Waals surface area (Å²) in [6, 6.07) is 11.7. The average molecular weight is 422 g/mol. The molecule has 0 bridgehead atoms. The van der Waals surface area contributed by atoms with Gasteiger partial charge in [0.05, 0.1) is 12.7 Å². The summed E-state index contributed by atoms with van der Waals surface area (Å²) in [6.45, 7) is 7.31. The van der Waals surface area contributed by atoms with Crippen molar-refractivity contribution in [2.24, 2.45) is 0 Å². The number of aryl methyl sites for hydroxylation is 1. The van der Waals surface area contributed by atoms with Gasteiger partial charge in [-0.05, 0) is 57.5 Å². The number of hydrogen-bond donors (Lipinski definition) is 1. The van der Waals surface area contributed by atoms with E-state index in [1.54, 1.807) is 20.8 Å². The molecule has 0 amide bonds. The minimum atomic E-state index is -3.89. The van der Waals surface area contributed by atoms with Crippen LogP contribution in [0.1, 0.15) is 36.7 Å². The molecule has 0 saturated heterocycles. The number of esters is 1. The molecule has 29 heavy (non-hydrogen) atoms. The zero-order chi connectivity index (χ0) is 21.7. The van der Waals surface area contributed by atoms with Crippen molar-refractivity contribution >= 4 is 16.0 Å². The van der Waals surface area contributed by atoms with Crippen LogP contribution in [-0.2, 0) is 14.8 Å². The van der Waals surface area contributed by atoms with Gasteiger partial charge in [0.25, 0.3) is 0 Å². The van der Waals surface area contributed by atoms with Crippen LogP contribution < -0.4 is 14.2 Å². The topological polar surface area (TPSA) is 90.9 Å². The van der Waals surface area contributed by atoms with Gasteiger partial charge in [-0.1, -0.05) is 18.2 Å². The Morgan fingerprint density at radius 1 is 1.03 bits per heavy atom. The van der Waals surface area contributed by atoms with Crippen LogP contribution in [-0.4, -0.2) is 40.2 Å². The lowest BCUT2D eigenvalue weighted by Crippen LogP contribution is -2.40. The molecule has 158 valence electrons. The molecular formula is C21H27NO6S. The van der Waals surface area contributed by atoms with Gasteiger partial charge in [-0.2, -0.15) is 0 Å². The Kier molecular flexibility index (Phi) is 7.26. The third kappa shape index (κ3) is 6.47. The lowest BCUT2D eigenvalue weighted by atomic mass is 10.1. The normalized spacial score (nSPS) is 11.8. The van der Waals surface area contributed by atoms with Crippen molar-refractivity contribution < 1.29 is 27.4 Å². The van der Waals surface area contributed by atoms with Crippen molar-refractivity contribution in [1.82, 2.24) is 4.72 Å². The Morgan fingerprint density at radius 3 is 2.34 bits per heavy atom. The van der Waals surface area contributed by atoms with Crippen molar-refractivity contribution in [1.29, 1.82) is 0 Å². The molecule has 0 fully saturated rings. The van der Waals surface area contributed by atoms with Gasteiger partial charge in [-0.15, -0.1) is 0 Å². The number of para-hydroxylation sites is 1. The first kappa shape index (κ1) is 22.7. The molecule has 0 aromatic heterocycles. The van der Waals surface area contributed by atoms with Gasteiger partial charge in [0.15, 0.2) is 0 Å². The summed E-state index contributed by atoms with van der Waals surface area (Å²) in [5, 5.41) is 0. The summed E-state index contributed by atoms with van der Waals surface area (Å²) in [5.41, 5.74) is 0.402. The molecule has 2 aromatic rings. The number of sulfonamides is 1. The van der Waals surface area contributed by atoms with E-state index in [-0.39, 0.29) is 29.4 Å². The minimum absolute atomic E-state index is 0.0293.